The quantitative estimate of drug-likeness (QED) is 0.730. The van der Waals surface area contributed by atoms with E-state index in [4.69, 9.17) is 21.4 Å². The van der Waals surface area contributed by atoms with Gasteiger partial charge in [-0.25, -0.2) is 4.98 Å². The number of aliphatic hydroxyl groups is 2. The van der Waals surface area contributed by atoms with Gasteiger partial charge in [-0.15, -0.1) is 0 Å². The fraction of sp³-hybridized carbons (Fsp3) is 0.312. The van der Waals surface area contributed by atoms with E-state index >= 15 is 0 Å². The first-order chi connectivity index (χ1) is 10.6. The van der Waals surface area contributed by atoms with Crippen LogP contribution in [0, 0.1) is 6.92 Å². The van der Waals surface area contributed by atoms with Crippen LogP contribution in [0.2, 0.25) is 5.02 Å². The summed E-state index contributed by atoms with van der Waals surface area (Å²) in [6, 6.07) is 9.34. The molecule has 0 aliphatic carbocycles. The van der Waals surface area contributed by atoms with Crippen LogP contribution in [0.3, 0.4) is 0 Å². The van der Waals surface area contributed by atoms with Crippen LogP contribution in [0.25, 0.3) is 0 Å². The minimum atomic E-state index is -0.872. The SMILES string of the molecule is Cc1c(Cl)cccc1Nc1ncccc1COCC(O)CO. The number of hydrogen-bond acceptors (Lipinski definition) is 5. The van der Waals surface area contributed by atoms with Crippen LogP contribution in [0.5, 0.6) is 0 Å². The summed E-state index contributed by atoms with van der Waals surface area (Å²) in [6.45, 7) is 1.97. The minimum Gasteiger partial charge on any atom is -0.394 e. The Bertz CT molecular complexity index is 622. The first kappa shape index (κ1) is 16.7. The molecule has 0 radical (unpaired) electrons. The van der Waals surface area contributed by atoms with Gasteiger partial charge in [0.2, 0.25) is 0 Å². The largest absolute Gasteiger partial charge is 0.394 e. The molecule has 1 unspecified atom stereocenters. The molecule has 1 aromatic heterocycles. The summed E-state index contributed by atoms with van der Waals surface area (Å²) < 4.78 is 5.39. The Morgan fingerprint density at radius 1 is 1.32 bits per heavy atom. The van der Waals surface area contributed by atoms with Gasteiger partial charge in [-0.3, -0.25) is 0 Å². The van der Waals surface area contributed by atoms with E-state index < -0.39 is 6.10 Å². The Morgan fingerprint density at radius 2 is 2.14 bits per heavy atom. The van der Waals surface area contributed by atoms with Crippen molar-refractivity contribution < 1.29 is 14.9 Å². The number of ether oxygens (including phenoxy) is 1. The number of rotatable bonds is 7. The Balaban J connectivity index is 2.09. The second-order valence-corrected chi connectivity index (χ2v) is 5.31. The number of aromatic nitrogens is 1. The summed E-state index contributed by atoms with van der Waals surface area (Å²) in [6.07, 6.45) is 0.817. The molecule has 6 heteroatoms. The molecule has 0 fully saturated rings. The lowest BCUT2D eigenvalue weighted by atomic mass is 10.2. The number of benzene rings is 1. The van der Waals surface area contributed by atoms with Gasteiger partial charge in [0.25, 0.3) is 0 Å². The van der Waals surface area contributed by atoms with Crippen molar-refractivity contribution in [2.75, 3.05) is 18.5 Å². The van der Waals surface area contributed by atoms with E-state index in [0.29, 0.717) is 10.8 Å². The van der Waals surface area contributed by atoms with Crippen LogP contribution < -0.4 is 5.32 Å². The molecule has 3 N–H and O–H groups in total. The van der Waals surface area contributed by atoms with Gasteiger partial charge in [-0.05, 0) is 30.7 Å². The third-order valence-electron chi connectivity index (χ3n) is 3.19. The summed E-state index contributed by atoms with van der Waals surface area (Å²) in [5.74, 6) is 0.673. The van der Waals surface area contributed by atoms with Crippen molar-refractivity contribution in [2.24, 2.45) is 0 Å². The average molecular weight is 323 g/mol. The maximum Gasteiger partial charge on any atom is 0.135 e. The zero-order valence-electron chi connectivity index (χ0n) is 12.3. The van der Waals surface area contributed by atoms with Crippen LogP contribution >= 0.6 is 11.6 Å². The number of halogens is 1. The Hall–Kier alpha value is -1.66. The van der Waals surface area contributed by atoms with Crippen molar-refractivity contribution in [3.63, 3.8) is 0 Å². The molecule has 118 valence electrons. The zero-order valence-corrected chi connectivity index (χ0v) is 13.0. The molecule has 0 aliphatic heterocycles. The highest BCUT2D eigenvalue weighted by Crippen LogP contribution is 2.26. The van der Waals surface area contributed by atoms with Crippen LogP contribution in [0.1, 0.15) is 11.1 Å². The minimum absolute atomic E-state index is 0.0705. The normalized spacial score (nSPS) is 12.2. The molecule has 1 heterocycles. The van der Waals surface area contributed by atoms with Gasteiger partial charge in [0, 0.05) is 22.5 Å². The van der Waals surface area contributed by atoms with Gasteiger partial charge in [0.1, 0.15) is 11.9 Å². The summed E-state index contributed by atoms with van der Waals surface area (Å²) in [7, 11) is 0. The number of aliphatic hydroxyl groups excluding tert-OH is 2. The van der Waals surface area contributed by atoms with Gasteiger partial charge in [-0.2, -0.15) is 0 Å². The fourth-order valence-corrected chi connectivity index (χ4v) is 2.07. The van der Waals surface area contributed by atoms with E-state index in [-0.39, 0.29) is 19.8 Å². The number of nitrogens with one attached hydrogen (secondary N) is 1. The molecule has 0 aliphatic rings. The monoisotopic (exact) mass is 322 g/mol. The predicted molar refractivity (Wildman–Crippen MR) is 86.5 cm³/mol. The van der Waals surface area contributed by atoms with Gasteiger partial charge in [0.15, 0.2) is 0 Å². The van der Waals surface area contributed by atoms with Crippen LogP contribution in [-0.4, -0.2) is 34.5 Å². The molecule has 5 nitrogen and oxygen atoms in total. The smallest absolute Gasteiger partial charge is 0.135 e. The van der Waals surface area contributed by atoms with Gasteiger partial charge >= 0.3 is 0 Å². The molecule has 0 bridgehead atoms. The molecular weight excluding hydrogens is 304 g/mol. The zero-order chi connectivity index (χ0) is 15.9. The summed E-state index contributed by atoms with van der Waals surface area (Å²) >= 11 is 6.12. The molecular formula is C16H19ClN2O3. The van der Waals surface area contributed by atoms with Crippen LogP contribution in [0.4, 0.5) is 11.5 Å². The van der Waals surface area contributed by atoms with Crippen molar-refractivity contribution in [2.45, 2.75) is 19.6 Å². The number of nitrogens with zero attached hydrogens (tertiary/aromatic N) is 1. The van der Waals surface area contributed by atoms with Crippen molar-refractivity contribution >= 4 is 23.1 Å². The van der Waals surface area contributed by atoms with Gasteiger partial charge < -0.3 is 20.3 Å². The third kappa shape index (κ3) is 4.42. The summed E-state index contributed by atoms with van der Waals surface area (Å²) in [5.41, 5.74) is 2.67. The van der Waals surface area contributed by atoms with E-state index in [1.165, 1.54) is 0 Å². The molecule has 22 heavy (non-hydrogen) atoms. The molecule has 2 aromatic rings. The second-order valence-electron chi connectivity index (χ2n) is 4.90. The number of pyridine rings is 1. The first-order valence-corrected chi connectivity index (χ1v) is 7.32. The highest BCUT2D eigenvalue weighted by molar-refractivity contribution is 6.31. The molecule has 0 saturated carbocycles. The summed E-state index contributed by atoms with van der Waals surface area (Å²) in [4.78, 5) is 4.32. The molecule has 1 aromatic carbocycles. The molecule has 0 amide bonds. The first-order valence-electron chi connectivity index (χ1n) is 6.94. The third-order valence-corrected chi connectivity index (χ3v) is 3.60. The van der Waals surface area contributed by atoms with E-state index in [9.17, 15) is 5.11 Å². The second kappa shape index (κ2) is 8.10. The molecule has 0 saturated heterocycles. The average Bonchev–Trinajstić information content (AvgIpc) is 2.53. The van der Waals surface area contributed by atoms with Gasteiger partial charge in [-0.1, -0.05) is 23.7 Å². The van der Waals surface area contributed by atoms with Crippen molar-refractivity contribution in [1.29, 1.82) is 0 Å². The van der Waals surface area contributed by atoms with Crippen LogP contribution in [-0.2, 0) is 11.3 Å². The van der Waals surface area contributed by atoms with E-state index in [1.54, 1.807) is 6.20 Å². The van der Waals surface area contributed by atoms with Crippen molar-refractivity contribution in [3.8, 4) is 0 Å². The highest BCUT2D eigenvalue weighted by Gasteiger charge is 2.08. The standard InChI is InChI=1S/C16H19ClN2O3/c1-11-14(17)5-2-6-15(11)19-16-12(4-3-7-18-16)9-22-10-13(21)8-20/h2-7,13,20-21H,8-10H2,1H3,(H,18,19). The van der Waals surface area contributed by atoms with Crippen molar-refractivity contribution in [3.05, 3.63) is 52.7 Å². The molecule has 2 rings (SSSR count). The number of hydrogen-bond donors (Lipinski definition) is 3. The molecule has 1 atom stereocenters. The lowest BCUT2D eigenvalue weighted by Gasteiger charge is -2.14. The summed E-state index contributed by atoms with van der Waals surface area (Å²) in [5, 5.41) is 22.0. The van der Waals surface area contributed by atoms with E-state index in [1.807, 2.05) is 37.3 Å². The van der Waals surface area contributed by atoms with E-state index in [0.717, 1.165) is 16.8 Å². The maximum atomic E-state index is 9.29. The fourth-order valence-electron chi connectivity index (χ4n) is 1.90. The maximum absolute atomic E-state index is 9.29. The Morgan fingerprint density at radius 3 is 2.91 bits per heavy atom. The Labute approximate surface area is 134 Å². The number of anilines is 2. The van der Waals surface area contributed by atoms with Crippen molar-refractivity contribution in [1.82, 2.24) is 4.98 Å². The topological polar surface area (TPSA) is 74.6 Å². The predicted octanol–water partition coefficient (Wildman–Crippen LogP) is 2.66. The van der Waals surface area contributed by atoms with Gasteiger partial charge in [0.05, 0.1) is 19.8 Å². The Kier molecular flexibility index (Phi) is 6.15. The van der Waals surface area contributed by atoms with E-state index in [2.05, 4.69) is 10.3 Å². The lowest BCUT2D eigenvalue weighted by molar-refractivity contribution is 0.000112. The van der Waals surface area contributed by atoms with Crippen LogP contribution in [0.15, 0.2) is 36.5 Å². The highest BCUT2D eigenvalue weighted by atomic mass is 35.5. The molecule has 0 spiro atoms. The lowest BCUT2D eigenvalue weighted by Crippen LogP contribution is -2.19.